The van der Waals surface area contributed by atoms with Crippen molar-refractivity contribution in [3.63, 3.8) is 0 Å². The lowest BCUT2D eigenvalue weighted by Crippen LogP contribution is -2.62. The average Bonchev–Trinajstić information content (AvgIpc) is 3.06. The number of likely N-dealkylation sites (N-methyl/N-ethyl adjacent to an activating group) is 1. The number of aromatic nitrogens is 1. The predicted molar refractivity (Wildman–Crippen MR) is 169 cm³/mol. The number of rotatable bonds is 11. The van der Waals surface area contributed by atoms with Crippen LogP contribution < -0.4 is 21.5 Å². The first kappa shape index (κ1) is 35.7. The number of benzene rings is 1. The van der Waals surface area contributed by atoms with Gasteiger partial charge in [-0.2, -0.15) is 8.78 Å². The lowest BCUT2D eigenvalue weighted by atomic mass is 9.74. The minimum Gasteiger partial charge on any atom is -0.344 e. The van der Waals surface area contributed by atoms with Gasteiger partial charge >= 0.3 is 5.92 Å². The van der Waals surface area contributed by atoms with Gasteiger partial charge in [-0.1, -0.05) is 32.3 Å². The van der Waals surface area contributed by atoms with Gasteiger partial charge in [0, 0.05) is 56.8 Å². The molecule has 2 heterocycles. The number of nitrogens with zero attached hydrogens (tertiary/aromatic N) is 2. The number of nitrogens with one attached hydrogen (secondary N) is 4. The quantitative estimate of drug-likeness (QED) is 0.292. The number of halogens is 3. The van der Waals surface area contributed by atoms with Crippen molar-refractivity contribution in [2.75, 3.05) is 38.5 Å². The van der Waals surface area contributed by atoms with Gasteiger partial charge < -0.3 is 30.7 Å². The summed E-state index contributed by atoms with van der Waals surface area (Å²) in [5.74, 6) is -8.59. The minimum atomic E-state index is -4.07. The monoisotopic (exact) mass is 660 g/mol. The van der Waals surface area contributed by atoms with Crippen LogP contribution in [-0.4, -0.2) is 83.2 Å². The van der Waals surface area contributed by atoms with Crippen molar-refractivity contribution >= 4 is 29.3 Å². The van der Waals surface area contributed by atoms with Crippen molar-refractivity contribution < 1.29 is 32.3 Å². The minimum absolute atomic E-state index is 0.0116. The Bertz CT molecular complexity index is 1500. The van der Waals surface area contributed by atoms with Crippen LogP contribution in [0.1, 0.15) is 63.5 Å². The maximum absolute atomic E-state index is 15.5. The number of aromatic amines is 1. The zero-order valence-electron chi connectivity index (χ0n) is 27.0. The van der Waals surface area contributed by atoms with Crippen LogP contribution in [0.2, 0.25) is 0 Å². The number of anilines is 1. The van der Waals surface area contributed by atoms with Gasteiger partial charge in [0.25, 0.3) is 5.91 Å². The number of carbonyl (C=O) groups excluding carboxylic acids is 4. The topological polar surface area (TPSA) is 144 Å². The summed E-state index contributed by atoms with van der Waals surface area (Å²) in [5, 5.41) is 7.48. The molecule has 4 amide bonds. The van der Waals surface area contributed by atoms with Gasteiger partial charge in [0.05, 0.1) is 5.69 Å². The summed E-state index contributed by atoms with van der Waals surface area (Å²) in [7, 11) is 1.96. The highest BCUT2D eigenvalue weighted by atomic mass is 19.3. The predicted octanol–water partition coefficient (Wildman–Crippen LogP) is 2.91. The number of piperazine rings is 1. The SMILES string of the molecule is CCC(=O)N[C@H](Cc1ccc(NC(=O)[C@](C)(NC(=O)C(F)(F)c2ccc(=O)[nH]c2)C2CCCCC2)c(F)c1)C(=O)N1CCN(C)CC1. The van der Waals surface area contributed by atoms with E-state index in [1.807, 2.05) is 7.05 Å². The molecule has 4 rings (SSSR count). The smallest absolute Gasteiger partial charge is 0.344 e. The number of pyridine rings is 1. The van der Waals surface area contributed by atoms with Crippen molar-refractivity contribution in [1.82, 2.24) is 25.4 Å². The molecule has 2 aliphatic rings. The third-order valence-electron chi connectivity index (χ3n) is 9.19. The fraction of sp³-hybridized carbons (Fsp3) is 0.545. The largest absolute Gasteiger partial charge is 0.351 e. The molecule has 47 heavy (non-hydrogen) atoms. The molecule has 1 saturated carbocycles. The number of alkyl halides is 2. The molecule has 256 valence electrons. The van der Waals surface area contributed by atoms with Crippen LogP contribution in [0.15, 0.2) is 41.3 Å². The van der Waals surface area contributed by atoms with E-state index < -0.39 is 52.2 Å². The highest BCUT2D eigenvalue weighted by Crippen LogP contribution is 2.36. The van der Waals surface area contributed by atoms with Crippen molar-refractivity contribution in [2.45, 2.75) is 76.3 Å². The Kier molecular flexibility index (Phi) is 11.5. The Hall–Kier alpha value is -4.20. The van der Waals surface area contributed by atoms with Crippen LogP contribution >= 0.6 is 0 Å². The first-order valence-corrected chi connectivity index (χ1v) is 16.0. The highest BCUT2D eigenvalue weighted by Gasteiger charge is 2.49. The molecular formula is C33H43F3N6O5. The first-order valence-electron chi connectivity index (χ1n) is 16.0. The molecular weight excluding hydrogens is 617 g/mol. The van der Waals surface area contributed by atoms with Gasteiger partial charge in [0.1, 0.15) is 17.4 Å². The molecule has 0 bridgehead atoms. The Labute approximate surface area is 271 Å². The standard InChI is InChI=1S/C33H43F3N6O5/c1-4-27(43)38-26(29(45)42-16-14-41(3)15-17-42)19-21-10-12-25(24(34)18-21)39-30(46)32(2,22-8-6-5-7-9-22)40-31(47)33(35,36)23-11-13-28(44)37-20-23/h10-13,18,20,22,26H,4-9,14-17,19H2,1-3H3,(H,37,44)(H,38,43)(H,39,46)(H,40,47)/t26-,32-/m1/s1. The van der Waals surface area contributed by atoms with Crippen LogP contribution in [0.25, 0.3) is 0 Å². The maximum atomic E-state index is 15.5. The Morgan fingerprint density at radius 2 is 1.68 bits per heavy atom. The van der Waals surface area contributed by atoms with Gasteiger partial charge in [-0.15, -0.1) is 0 Å². The van der Waals surface area contributed by atoms with E-state index in [1.165, 1.54) is 19.1 Å². The summed E-state index contributed by atoms with van der Waals surface area (Å²) in [6, 6.07) is 4.77. The normalized spacial score (nSPS) is 18.1. The fourth-order valence-corrected chi connectivity index (χ4v) is 6.09. The van der Waals surface area contributed by atoms with E-state index in [9.17, 15) is 24.0 Å². The van der Waals surface area contributed by atoms with E-state index >= 15 is 13.2 Å². The molecule has 4 N–H and O–H groups in total. The van der Waals surface area contributed by atoms with Gasteiger partial charge in [-0.3, -0.25) is 24.0 Å². The molecule has 1 aliphatic heterocycles. The first-order chi connectivity index (χ1) is 22.2. The Morgan fingerprint density at radius 1 is 1.00 bits per heavy atom. The molecule has 2 aromatic rings. The van der Waals surface area contributed by atoms with E-state index in [-0.39, 0.29) is 30.3 Å². The molecule has 0 spiro atoms. The summed E-state index contributed by atoms with van der Waals surface area (Å²) in [4.78, 5) is 69.6. The Balaban J connectivity index is 1.53. The zero-order chi connectivity index (χ0) is 34.4. The van der Waals surface area contributed by atoms with Crippen LogP contribution in [-0.2, 0) is 31.5 Å². The molecule has 0 radical (unpaired) electrons. The summed E-state index contributed by atoms with van der Waals surface area (Å²) < 4.78 is 45.9. The van der Waals surface area contributed by atoms with Crippen LogP contribution in [0.3, 0.4) is 0 Å². The van der Waals surface area contributed by atoms with Crippen molar-refractivity contribution in [3.05, 3.63) is 63.8 Å². The van der Waals surface area contributed by atoms with Crippen molar-refractivity contribution in [2.24, 2.45) is 5.92 Å². The van der Waals surface area contributed by atoms with Gasteiger partial charge in [0.15, 0.2) is 0 Å². The van der Waals surface area contributed by atoms with Crippen molar-refractivity contribution in [3.8, 4) is 0 Å². The lowest BCUT2D eigenvalue weighted by molar-refractivity contribution is -0.152. The molecule has 1 saturated heterocycles. The molecule has 1 aromatic heterocycles. The summed E-state index contributed by atoms with van der Waals surface area (Å²) >= 11 is 0. The average molecular weight is 661 g/mol. The van der Waals surface area contributed by atoms with E-state index in [0.717, 1.165) is 43.7 Å². The molecule has 14 heteroatoms. The second-order valence-corrected chi connectivity index (χ2v) is 12.6. The van der Waals surface area contributed by atoms with Gasteiger partial charge in [-0.25, -0.2) is 4.39 Å². The van der Waals surface area contributed by atoms with Crippen LogP contribution in [0, 0.1) is 11.7 Å². The van der Waals surface area contributed by atoms with E-state index in [1.54, 1.807) is 11.8 Å². The number of carbonyl (C=O) groups is 4. The number of hydrogen-bond donors (Lipinski definition) is 4. The van der Waals surface area contributed by atoms with Crippen LogP contribution in [0.4, 0.5) is 18.9 Å². The second-order valence-electron chi connectivity index (χ2n) is 12.6. The zero-order valence-corrected chi connectivity index (χ0v) is 27.0. The van der Waals surface area contributed by atoms with Gasteiger partial charge in [-0.05, 0) is 56.5 Å². The number of amides is 4. The molecule has 1 aliphatic carbocycles. The summed E-state index contributed by atoms with van der Waals surface area (Å²) in [6.45, 7) is 5.40. The molecule has 0 unspecified atom stereocenters. The Morgan fingerprint density at radius 3 is 2.28 bits per heavy atom. The maximum Gasteiger partial charge on any atom is 0.351 e. The van der Waals surface area contributed by atoms with E-state index in [0.29, 0.717) is 44.6 Å². The third-order valence-corrected chi connectivity index (χ3v) is 9.19. The van der Waals surface area contributed by atoms with E-state index in [2.05, 4.69) is 25.8 Å². The van der Waals surface area contributed by atoms with E-state index in [4.69, 9.17) is 0 Å². The number of H-pyrrole nitrogens is 1. The molecule has 2 fully saturated rings. The third kappa shape index (κ3) is 8.59. The van der Waals surface area contributed by atoms with Crippen LogP contribution in [0.5, 0.6) is 0 Å². The molecule has 1 aromatic carbocycles. The lowest BCUT2D eigenvalue weighted by Gasteiger charge is -2.40. The highest BCUT2D eigenvalue weighted by molar-refractivity contribution is 6.01. The summed E-state index contributed by atoms with van der Waals surface area (Å²) in [5.41, 5.74) is -3.02. The number of hydrogen-bond acceptors (Lipinski definition) is 6. The fourth-order valence-electron chi connectivity index (χ4n) is 6.09. The van der Waals surface area contributed by atoms with Crippen molar-refractivity contribution in [1.29, 1.82) is 0 Å². The second kappa shape index (κ2) is 15.1. The molecule has 11 nitrogen and oxygen atoms in total. The molecule has 2 atom stereocenters. The van der Waals surface area contributed by atoms with Gasteiger partial charge in [0.2, 0.25) is 23.3 Å². The summed E-state index contributed by atoms with van der Waals surface area (Å²) in [6.07, 6.45) is 4.24.